The van der Waals surface area contributed by atoms with Gasteiger partial charge in [0.1, 0.15) is 0 Å². The van der Waals surface area contributed by atoms with E-state index in [2.05, 4.69) is 15.0 Å². The maximum absolute atomic E-state index is 12.4. The number of hydrogen-bond acceptors (Lipinski definition) is 5. The Hall–Kier alpha value is -2.45. The molecule has 2 N–H and O–H groups in total. The van der Waals surface area contributed by atoms with Gasteiger partial charge in [-0.15, -0.1) is 0 Å². The van der Waals surface area contributed by atoms with Crippen LogP contribution in [-0.4, -0.2) is 19.3 Å². The number of thiazole rings is 1. The summed E-state index contributed by atoms with van der Waals surface area (Å²) in [7, 11) is -3.68. The van der Waals surface area contributed by atoms with Crippen molar-refractivity contribution in [1.82, 2.24) is 4.98 Å². The van der Waals surface area contributed by atoms with Gasteiger partial charge in [-0.25, -0.2) is 13.4 Å². The maximum Gasteiger partial charge on any atom is 0.263 e. The second-order valence-electron chi connectivity index (χ2n) is 5.88. The first-order valence-electron chi connectivity index (χ1n) is 8.18. The van der Waals surface area contributed by atoms with Gasteiger partial charge in [0.15, 0.2) is 5.13 Å². The van der Waals surface area contributed by atoms with Crippen LogP contribution in [0.2, 0.25) is 0 Å². The molecule has 3 aromatic rings. The number of hydrogen-bond donors (Lipinski definition) is 2. The van der Waals surface area contributed by atoms with E-state index in [0.717, 1.165) is 16.7 Å². The number of benzene rings is 2. The molecule has 3 rings (SSSR count). The molecule has 136 valence electrons. The van der Waals surface area contributed by atoms with Crippen LogP contribution in [0.1, 0.15) is 25.3 Å². The Balaban J connectivity index is 1.89. The van der Waals surface area contributed by atoms with E-state index in [0.29, 0.717) is 22.8 Å². The van der Waals surface area contributed by atoms with Gasteiger partial charge in [0.2, 0.25) is 5.91 Å². The van der Waals surface area contributed by atoms with Crippen molar-refractivity contribution in [3.63, 3.8) is 0 Å². The smallest absolute Gasteiger partial charge is 0.263 e. The van der Waals surface area contributed by atoms with Crippen LogP contribution in [0.4, 0.5) is 10.8 Å². The summed E-state index contributed by atoms with van der Waals surface area (Å²) >= 11 is 1.23. The average Bonchev–Trinajstić information content (AvgIpc) is 2.98. The minimum absolute atomic E-state index is 0.0410. The third-order valence-electron chi connectivity index (χ3n) is 3.72. The lowest BCUT2D eigenvalue weighted by Gasteiger charge is -2.05. The molecule has 1 aromatic heterocycles. The minimum Gasteiger partial charge on any atom is -0.326 e. The maximum atomic E-state index is 12.4. The second kappa shape index (κ2) is 7.43. The number of carbonyl (C=O) groups is 1. The molecule has 0 spiro atoms. The molecule has 0 saturated heterocycles. The molecule has 0 saturated carbocycles. The summed E-state index contributed by atoms with van der Waals surface area (Å²) in [6, 6.07) is 11.8. The molecular weight excluding hydrogens is 370 g/mol. The molecule has 6 nitrogen and oxygen atoms in total. The molecule has 8 heteroatoms. The summed E-state index contributed by atoms with van der Waals surface area (Å²) in [6.45, 7) is 3.83. The number of nitrogens with zero attached hydrogens (tertiary/aromatic N) is 1. The lowest BCUT2D eigenvalue weighted by molar-refractivity contribution is -0.116. The molecule has 1 amide bonds. The minimum atomic E-state index is -3.68. The number of aromatic nitrogens is 1. The second-order valence-corrected chi connectivity index (χ2v) is 8.59. The third kappa shape index (κ3) is 4.03. The van der Waals surface area contributed by atoms with Crippen LogP contribution >= 0.6 is 11.3 Å². The topological polar surface area (TPSA) is 88.2 Å². The van der Waals surface area contributed by atoms with E-state index in [9.17, 15) is 13.2 Å². The van der Waals surface area contributed by atoms with Crippen LogP contribution in [0, 0.1) is 6.92 Å². The number of rotatable bonds is 6. The predicted molar refractivity (Wildman–Crippen MR) is 105 cm³/mol. The van der Waals surface area contributed by atoms with Crippen LogP contribution in [-0.2, 0) is 14.8 Å². The van der Waals surface area contributed by atoms with Gasteiger partial charge in [-0.2, -0.15) is 0 Å². The van der Waals surface area contributed by atoms with Gasteiger partial charge in [-0.05, 0) is 43.2 Å². The van der Waals surface area contributed by atoms with E-state index < -0.39 is 10.0 Å². The highest BCUT2D eigenvalue weighted by atomic mass is 32.2. The van der Waals surface area contributed by atoms with E-state index in [1.54, 1.807) is 18.2 Å². The van der Waals surface area contributed by atoms with Crippen molar-refractivity contribution in [3.8, 4) is 0 Å². The summed E-state index contributed by atoms with van der Waals surface area (Å²) in [4.78, 5) is 16.4. The van der Waals surface area contributed by atoms with Gasteiger partial charge in [0.05, 0.1) is 15.1 Å². The van der Waals surface area contributed by atoms with E-state index in [1.807, 2.05) is 26.0 Å². The zero-order valence-corrected chi connectivity index (χ0v) is 16.1. The fourth-order valence-electron chi connectivity index (χ4n) is 2.54. The molecule has 26 heavy (non-hydrogen) atoms. The zero-order valence-electron chi connectivity index (χ0n) is 14.4. The number of amides is 1. The molecule has 0 aliphatic rings. The molecule has 0 radical (unpaired) electrons. The lowest BCUT2D eigenvalue weighted by atomic mass is 10.2. The number of carbonyl (C=O) groups excluding carboxylic acids is 1. The number of anilines is 2. The third-order valence-corrected chi connectivity index (χ3v) is 6.12. The van der Waals surface area contributed by atoms with Crippen LogP contribution in [0.5, 0.6) is 0 Å². The molecule has 0 aliphatic heterocycles. The SMILES string of the molecule is CCCC(=O)Nc1cc(C)c2nc(NS(=O)(=O)c3ccccc3)sc2c1. The first kappa shape index (κ1) is 18.3. The number of nitrogens with one attached hydrogen (secondary N) is 2. The van der Waals surface area contributed by atoms with Crippen LogP contribution in [0.3, 0.4) is 0 Å². The highest BCUT2D eigenvalue weighted by molar-refractivity contribution is 7.93. The molecule has 1 heterocycles. The standard InChI is InChI=1S/C18H19N3O3S2/c1-3-7-16(22)19-13-10-12(2)17-15(11-13)25-18(20-17)21-26(23,24)14-8-5-4-6-9-14/h4-6,8-11H,3,7H2,1-2H3,(H,19,22)(H,20,21). The number of aryl methyl sites for hydroxylation is 1. The first-order valence-corrected chi connectivity index (χ1v) is 10.5. The summed E-state index contributed by atoms with van der Waals surface area (Å²) in [5.74, 6) is -0.0410. The fraction of sp³-hybridized carbons (Fsp3) is 0.222. The molecule has 0 atom stereocenters. The Morgan fingerprint density at radius 1 is 1.19 bits per heavy atom. The van der Waals surface area contributed by atoms with Crippen LogP contribution in [0.15, 0.2) is 47.4 Å². The molecule has 2 aromatic carbocycles. The fourth-order valence-corrected chi connectivity index (χ4v) is 4.78. The van der Waals surface area contributed by atoms with E-state index >= 15 is 0 Å². The van der Waals surface area contributed by atoms with Crippen molar-refractivity contribution in [2.75, 3.05) is 10.0 Å². The first-order chi connectivity index (χ1) is 12.4. The van der Waals surface area contributed by atoms with Crippen LogP contribution in [0.25, 0.3) is 10.2 Å². The Labute approximate surface area is 156 Å². The Bertz CT molecular complexity index is 1040. The largest absolute Gasteiger partial charge is 0.326 e. The molecule has 0 unspecified atom stereocenters. The highest BCUT2D eigenvalue weighted by Crippen LogP contribution is 2.32. The van der Waals surface area contributed by atoms with Crippen LogP contribution < -0.4 is 10.0 Å². The Morgan fingerprint density at radius 2 is 1.92 bits per heavy atom. The van der Waals surface area contributed by atoms with Crippen molar-refractivity contribution in [2.24, 2.45) is 0 Å². The quantitative estimate of drug-likeness (QED) is 0.663. The van der Waals surface area contributed by atoms with Crippen molar-refractivity contribution in [2.45, 2.75) is 31.6 Å². The average molecular weight is 390 g/mol. The van der Waals surface area contributed by atoms with Gasteiger partial charge in [0.25, 0.3) is 10.0 Å². The van der Waals surface area contributed by atoms with Gasteiger partial charge in [0, 0.05) is 12.1 Å². The molecular formula is C18H19N3O3S2. The predicted octanol–water partition coefficient (Wildman–Crippen LogP) is 4.14. The Kier molecular flexibility index (Phi) is 5.24. The summed E-state index contributed by atoms with van der Waals surface area (Å²) in [6.07, 6.45) is 1.24. The highest BCUT2D eigenvalue weighted by Gasteiger charge is 2.17. The van der Waals surface area contributed by atoms with Crippen molar-refractivity contribution in [1.29, 1.82) is 0 Å². The number of sulfonamides is 1. The number of fused-ring (bicyclic) bond motifs is 1. The lowest BCUT2D eigenvalue weighted by Crippen LogP contribution is -2.12. The zero-order chi connectivity index (χ0) is 18.7. The van der Waals surface area contributed by atoms with E-state index in [4.69, 9.17) is 0 Å². The normalized spacial score (nSPS) is 11.5. The summed E-state index contributed by atoms with van der Waals surface area (Å²) < 4.78 is 28.2. The van der Waals surface area contributed by atoms with Gasteiger partial charge in [-0.3, -0.25) is 9.52 Å². The molecule has 0 fully saturated rings. The van der Waals surface area contributed by atoms with Crippen molar-refractivity contribution >= 4 is 48.3 Å². The van der Waals surface area contributed by atoms with Gasteiger partial charge >= 0.3 is 0 Å². The molecule has 0 aliphatic carbocycles. The monoisotopic (exact) mass is 389 g/mol. The summed E-state index contributed by atoms with van der Waals surface area (Å²) in [5.41, 5.74) is 2.28. The van der Waals surface area contributed by atoms with Crippen molar-refractivity contribution < 1.29 is 13.2 Å². The van der Waals surface area contributed by atoms with Gasteiger partial charge < -0.3 is 5.32 Å². The molecule has 0 bridgehead atoms. The van der Waals surface area contributed by atoms with Gasteiger partial charge in [-0.1, -0.05) is 36.5 Å². The van der Waals surface area contributed by atoms with Crippen molar-refractivity contribution in [3.05, 3.63) is 48.0 Å². The van der Waals surface area contributed by atoms with E-state index in [1.165, 1.54) is 23.5 Å². The Morgan fingerprint density at radius 3 is 2.62 bits per heavy atom. The van der Waals surface area contributed by atoms with E-state index in [-0.39, 0.29) is 10.8 Å². The summed E-state index contributed by atoms with van der Waals surface area (Å²) in [5, 5.41) is 3.16.